The van der Waals surface area contributed by atoms with Gasteiger partial charge in [0.05, 0.1) is 17.7 Å². The molecule has 0 aliphatic rings. The zero-order chi connectivity index (χ0) is 16.2. The van der Waals surface area contributed by atoms with Gasteiger partial charge in [-0.25, -0.2) is 13.2 Å². The van der Waals surface area contributed by atoms with E-state index in [4.69, 9.17) is 0 Å². The van der Waals surface area contributed by atoms with E-state index in [0.717, 1.165) is 0 Å². The predicted octanol–water partition coefficient (Wildman–Crippen LogP) is 2.37. The molecule has 0 spiro atoms. The minimum absolute atomic E-state index is 0.00818. The van der Waals surface area contributed by atoms with Crippen LogP contribution in [0.15, 0.2) is 53.4 Å². The zero-order valence-electron chi connectivity index (χ0n) is 11.6. The van der Waals surface area contributed by atoms with Crippen LogP contribution in [0.1, 0.15) is 0 Å². The molecule has 0 aliphatic carbocycles. The minimum atomic E-state index is -3.84. The van der Waals surface area contributed by atoms with Crippen LogP contribution in [0, 0.1) is 0 Å². The van der Waals surface area contributed by atoms with Gasteiger partial charge in [-0.1, -0.05) is 12.1 Å². The van der Waals surface area contributed by atoms with E-state index in [-0.39, 0.29) is 16.3 Å². The highest BCUT2D eigenvalue weighted by molar-refractivity contribution is 7.92. The molecule has 2 rings (SSSR count). The Bertz CT molecular complexity index is 772. The number of nitrogens with one attached hydrogen (secondary N) is 2. The summed E-state index contributed by atoms with van der Waals surface area (Å²) in [5.74, 6) is -0.171. The molecular weight excluding hydrogens is 308 g/mol. The lowest BCUT2D eigenvalue weighted by Gasteiger charge is -2.10. The molecule has 0 saturated heterocycles. The minimum Gasteiger partial charge on any atom is -0.506 e. The van der Waals surface area contributed by atoms with Crippen molar-refractivity contribution in [2.45, 2.75) is 4.90 Å². The molecule has 3 N–H and O–H groups in total. The van der Waals surface area contributed by atoms with Crippen LogP contribution in [0.2, 0.25) is 0 Å². The van der Waals surface area contributed by atoms with Crippen LogP contribution in [-0.4, -0.2) is 26.7 Å². The van der Waals surface area contributed by atoms with Crippen molar-refractivity contribution >= 4 is 27.5 Å². The van der Waals surface area contributed by atoms with Crippen LogP contribution < -0.4 is 10.0 Å². The molecule has 0 aromatic heterocycles. The van der Waals surface area contributed by atoms with E-state index in [0.29, 0.717) is 5.69 Å². The molecule has 0 radical (unpaired) electrons. The summed E-state index contributed by atoms with van der Waals surface area (Å²) >= 11 is 0. The molecule has 0 fully saturated rings. The van der Waals surface area contributed by atoms with Crippen LogP contribution in [-0.2, 0) is 14.8 Å². The maximum atomic E-state index is 12.2. The first kappa shape index (κ1) is 15.6. The molecule has 0 saturated carbocycles. The highest BCUT2D eigenvalue weighted by Crippen LogP contribution is 2.25. The highest BCUT2D eigenvalue weighted by Gasteiger charge is 2.16. The van der Waals surface area contributed by atoms with Gasteiger partial charge in [0, 0.05) is 5.69 Å². The molecule has 116 valence electrons. The number of carbonyl (C=O) groups is 1. The topological polar surface area (TPSA) is 105 Å². The molecule has 0 unspecified atom stereocenters. The lowest BCUT2D eigenvalue weighted by molar-refractivity contribution is 0.187. The molecule has 0 aliphatic heterocycles. The lowest BCUT2D eigenvalue weighted by atomic mass is 10.3. The third-order valence-corrected chi connectivity index (χ3v) is 4.13. The van der Waals surface area contributed by atoms with E-state index in [2.05, 4.69) is 14.8 Å². The Hall–Kier alpha value is -2.74. The van der Waals surface area contributed by atoms with Crippen molar-refractivity contribution in [1.82, 2.24) is 0 Å². The third-order valence-electron chi connectivity index (χ3n) is 2.74. The number of phenols is 1. The molecule has 8 heteroatoms. The normalized spacial score (nSPS) is 10.8. The number of hydrogen-bond acceptors (Lipinski definition) is 5. The summed E-state index contributed by atoms with van der Waals surface area (Å²) in [4.78, 5) is 11.0. The van der Waals surface area contributed by atoms with Crippen LogP contribution in [0.4, 0.5) is 16.2 Å². The summed E-state index contributed by atoms with van der Waals surface area (Å²) in [6, 6.07) is 11.5. The predicted molar refractivity (Wildman–Crippen MR) is 81.4 cm³/mol. The van der Waals surface area contributed by atoms with E-state index >= 15 is 0 Å². The fourth-order valence-electron chi connectivity index (χ4n) is 1.65. The van der Waals surface area contributed by atoms with Gasteiger partial charge in [0.15, 0.2) is 0 Å². The number of para-hydroxylation sites is 2. The third kappa shape index (κ3) is 3.67. The maximum absolute atomic E-state index is 12.2. The van der Waals surface area contributed by atoms with Crippen molar-refractivity contribution in [3.05, 3.63) is 48.5 Å². The first-order chi connectivity index (χ1) is 10.4. The van der Waals surface area contributed by atoms with Crippen molar-refractivity contribution < 1.29 is 23.1 Å². The molecule has 2 aromatic carbocycles. The van der Waals surface area contributed by atoms with E-state index < -0.39 is 16.1 Å². The molecule has 7 nitrogen and oxygen atoms in total. The van der Waals surface area contributed by atoms with Gasteiger partial charge in [0.25, 0.3) is 10.0 Å². The molecular formula is C14H14N2O5S. The number of phenolic OH excluding ortho intramolecular Hbond substituents is 1. The van der Waals surface area contributed by atoms with Gasteiger partial charge in [-0.15, -0.1) is 0 Å². The molecule has 1 amide bonds. The lowest BCUT2D eigenvalue weighted by Crippen LogP contribution is -2.14. The summed E-state index contributed by atoms with van der Waals surface area (Å²) in [6.45, 7) is 0. The zero-order valence-corrected chi connectivity index (χ0v) is 12.4. The van der Waals surface area contributed by atoms with Crippen molar-refractivity contribution in [2.75, 3.05) is 17.1 Å². The Morgan fingerprint density at radius 2 is 1.73 bits per heavy atom. The van der Waals surface area contributed by atoms with Crippen molar-refractivity contribution in [1.29, 1.82) is 0 Å². The summed E-state index contributed by atoms with van der Waals surface area (Å²) in [5, 5.41) is 12.0. The number of benzene rings is 2. The number of ether oxygens (including phenoxy) is 1. The summed E-state index contributed by atoms with van der Waals surface area (Å²) < 4.78 is 31.1. The molecule has 0 atom stereocenters. The Labute approximate surface area is 127 Å². The second kappa shape index (κ2) is 6.35. The second-order valence-corrected chi connectivity index (χ2v) is 5.95. The maximum Gasteiger partial charge on any atom is 0.411 e. The SMILES string of the molecule is COC(=O)Nc1ccc(S(=O)(=O)Nc2ccccc2O)cc1. The quantitative estimate of drug-likeness (QED) is 0.750. The van der Waals surface area contributed by atoms with Gasteiger partial charge in [-0.05, 0) is 36.4 Å². The van der Waals surface area contributed by atoms with Crippen molar-refractivity contribution in [2.24, 2.45) is 0 Å². The smallest absolute Gasteiger partial charge is 0.411 e. The number of methoxy groups -OCH3 is 1. The average molecular weight is 322 g/mol. The fraction of sp³-hybridized carbons (Fsp3) is 0.0714. The summed E-state index contributed by atoms with van der Waals surface area (Å²) in [5.41, 5.74) is 0.479. The van der Waals surface area contributed by atoms with Crippen LogP contribution in [0.5, 0.6) is 5.75 Å². The number of anilines is 2. The fourth-order valence-corrected chi connectivity index (χ4v) is 2.72. The molecule has 2 aromatic rings. The van der Waals surface area contributed by atoms with Gasteiger partial charge in [0.1, 0.15) is 5.75 Å². The Morgan fingerprint density at radius 3 is 2.32 bits per heavy atom. The van der Waals surface area contributed by atoms with Crippen LogP contribution in [0.25, 0.3) is 0 Å². The number of amides is 1. The Morgan fingerprint density at radius 1 is 1.09 bits per heavy atom. The molecule has 0 heterocycles. The number of hydrogen-bond donors (Lipinski definition) is 3. The largest absolute Gasteiger partial charge is 0.506 e. The van der Waals surface area contributed by atoms with Crippen LogP contribution in [0.3, 0.4) is 0 Å². The van der Waals surface area contributed by atoms with E-state index in [1.807, 2.05) is 0 Å². The van der Waals surface area contributed by atoms with E-state index in [9.17, 15) is 18.3 Å². The van der Waals surface area contributed by atoms with Gasteiger partial charge >= 0.3 is 6.09 Å². The molecule has 0 bridgehead atoms. The second-order valence-electron chi connectivity index (χ2n) is 4.26. The monoisotopic (exact) mass is 322 g/mol. The van der Waals surface area contributed by atoms with Gasteiger partial charge in [-0.2, -0.15) is 0 Å². The number of rotatable bonds is 4. The van der Waals surface area contributed by atoms with Crippen LogP contribution >= 0.6 is 0 Å². The van der Waals surface area contributed by atoms with Crippen molar-refractivity contribution in [3.8, 4) is 5.75 Å². The average Bonchev–Trinajstić information content (AvgIpc) is 2.50. The van der Waals surface area contributed by atoms with Gasteiger partial charge in [0.2, 0.25) is 0 Å². The van der Waals surface area contributed by atoms with Gasteiger partial charge < -0.3 is 9.84 Å². The number of aromatic hydroxyl groups is 1. The van der Waals surface area contributed by atoms with E-state index in [1.54, 1.807) is 12.1 Å². The van der Waals surface area contributed by atoms with E-state index in [1.165, 1.54) is 43.5 Å². The number of carbonyl (C=O) groups excluding carboxylic acids is 1. The highest BCUT2D eigenvalue weighted by atomic mass is 32.2. The summed E-state index contributed by atoms with van der Waals surface area (Å²) in [6.07, 6.45) is -0.650. The Kier molecular flexibility index (Phi) is 4.52. The van der Waals surface area contributed by atoms with Gasteiger partial charge in [-0.3, -0.25) is 10.0 Å². The van der Waals surface area contributed by atoms with Crippen molar-refractivity contribution in [3.63, 3.8) is 0 Å². The first-order valence-electron chi connectivity index (χ1n) is 6.18. The number of sulfonamides is 1. The first-order valence-corrected chi connectivity index (χ1v) is 7.66. The summed E-state index contributed by atoms with van der Waals surface area (Å²) in [7, 11) is -2.61. The standard InChI is InChI=1S/C14H14N2O5S/c1-21-14(18)15-10-6-8-11(9-7-10)22(19,20)16-12-4-2-3-5-13(12)17/h2-9,16-17H,1H3,(H,15,18). The molecule has 22 heavy (non-hydrogen) atoms. The Balaban J connectivity index is 2.19.